The number of carbonyl (C=O) groups excluding carboxylic acids is 1. The van der Waals surface area contributed by atoms with Crippen molar-refractivity contribution in [3.05, 3.63) is 16.1 Å². The summed E-state index contributed by atoms with van der Waals surface area (Å²) in [5.74, 6) is -0.0834. The Balaban J connectivity index is 2.81. The predicted octanol–water partition coefficient (Wildman–Crippen LogP) is 2.13. The second-order valence-corrected chi connectivity index (χ2v) is 3.90. The Labute approximate surface area is 77.8 Å². The summed E-state index contributed by atoms with van der Waals surface area (Å²) in [6.07, 6.45) is 0.920. The smallest absolute Gasteiger partial charge is 0.129 e. The van der Waals surface area contributed by atoms with Gasteiger partial charge in [-0.3, -0.25) is 0 Å². The molecular formula is C7H8BrNOS. The van der Waals surface area contributed by atoms with Gasteiger partial charge in [0.15, 0.2) is 0 Å². The van der Waals surface area contributed by atoms with Gasteiger partial charge in [0.25, 0.3) is 0 Å². The first-order valence-electron chi connectivity index (χ1n) is 3.21. The van der Waals surface area contributed by atoms with Crippen LogP contribution < -0.4 is 0 Å². The first-order valence-corrected chi connectivity index (χ1v) is 5.21. The number of aryl methyl sites for hydroxylation is 1. The molecule has 0 aliphatic rings. The Morgan fingerprint density at radius 3 is 3.00 bits per heavy atom. The number of halogens is 1. The van der Waals surface area contributed by atoms with E-state index in [-0.39, 0.29) is 5.92 Å². The van der Waals surface area contributed by atoms with E-state index in [1.165, 1.54) is 0 Å². The maximum Gasteiger partial charge on any atom is 0.129 e. The molecule has 0 spiro atoms. The minimum absolute atomic E-state index is 0.0834. The van der Waals surface area contributed by atoms with Crippen LogP contribution in [0.15, 0.2) is 5.38 Å². The van der Waals surface area contributed by atoms with E-state index in [0.717, 1.165) is 17.0 Å². The third-order valence-corrected chi connectivity index (χ3v) is 2.84. The van der Waals surface area contributed by atoms with Crippen LogP contribution in [0.25, 0.3) is 0 Å². The summed E-state index contributed by atoms with van der Waals surface area (Å²) in [6.45, 7) is 1.93. The summed E-state index contributed by atoms with van der Waals surface area (Å²) >= 11 is 4.83. The number of hydrogen-bond donors (Lipinski definition) is 0. The molecule has 1 atom stereocenters. The normalized spacial score (nSPS) is 12.9. The van der Waals surface area contributed by atoms with E-state index in [2.05, 4.69) is 20.9 Å². The molecule has 0 aliphatic heterocycles. The highest BCUT2D eigenvalue weighted by Gasteiger charge is 2.10. The topological polar surface area (TPSA) is 30.0 Å². The van der Waals surface area contributed by atoms with E-state index in [1.54, 1.807) is 11.3 Å². The Hall–Kier alpha value is -0.220. The molecule has 0 aliphatic carbocycles. The molecule has 0 N–H and O–H groups in total. The zero-order chi connectivity index (χ0) is 8.27. The summed E-state index contributed by atoms with van der Waals surface area (Å²) in [7, 11) is 0. The standard InChI is InChI=1S/C7H8BrNOS/c1-5-9-7(4-11-5)6(2-8)3-10/h3-4,6H,2H2,1H3. The van der Waals surface area contributed by atoms with E-state index >= 15 is 0 Å². The predicted molar refractivity (Wildman–Crippen MR) is 49.5 cm³/mol. The molecule has 1 rings (SSSR count). The van der Waals surface area contributed by atoms with Crippen LogP contribution in [0, 0.1) is 6.92 Å². The van der Waals surface area contributed by atoms with Gasteiger partial charge in [0.05, 0.1) is 16.6 Å². The van der Waals surface area contributed by atoms with Gasteiger partial charge in [-0.2, -0.15) is 0 Å². The van der Waals surface area contributed by atoms with Crippen molar-refractivity contribution in [3.63, 3.8) is 0 Å². The Morgan fingerprint density at radius 2 is 2.64 bits per heavy atom. The number of carbonyl (C=O) groups is 1. The van der Waals surface area contributed by atoms with Crippen LogP contribution in [0.3, 0.4) is 0 Å². The van der Waals surface area contributed by atoms with Gasteiger partial charge in [-0.15, -0.1) is 11.3 Å². The van der Waals surface area contributed by atoms with Crippen LogP contribution in [-0.4, -0.2) is 16.6 Å². The number of thiazole rings is 1. The molecule has 1 aromatic heterocycles. The number of hydrogen-bond acceptors (Lipinski definition) is 3. The minimum Gasteiger partial charge on any atom is -0.303 e. The number of aromatic nitrogens is 1. The molecule has 0 saturated carbocycles. The Kier molecular flexibility index (Phi) is 3.20. The van der Waals surface area contributed by atoms with Crippen LogP contribution in [0.5, 0.6) is 0 Å². The average Bonchev–Trinajstić information content (AvgIpc) is 2.39. The van der Waals surface area contributed by atoms with Gasteiger partial charge in [-0.1, -0.05) is 15.9 Å². The lowest BCUT2D eigenvalue weighted by Gasteiger charge is -1.99. The molecule has 1 aromatic rings. The lowest BCUT2D eigenvalue weighted by Crippen LogP contribution is -2.01. The van der Waals surface area contributed by atoms with Crippen LogP contribution in [0.4, 0.5) is 0 Å². The maximum absolute atomic E-state index is 10.5. The van der Waals surface area contributed by atoms with Crippen molar-refractivity contribution in [2.45, 2.75) is 12.8 Å². The van der Waals surface area contributed by atoms with Crippen LogP contribution in [-0.2, 0) is 4.79 Å². The van der Waals surface area contributed by atoms with Crippen molar-refractivity contribution in [1.82, 2.24) is 4.98 Å². The van der Waals surface area contributed by atoms with Crippen LogP contribution in [0.1, 0.15) is 16.6 Å². The van der Waals surface area contributed by atoms with Crippen molar-refractivity contribution >= 4 is 33.6 Å². The average molecular weight is 234 g/mol. The number of rotatable bonds is 3. The third kappa shape index (κ3) is 2.10. The van der Waals surface area contributed by atoms with E-state index in [1.807, 2.05) is 12.3 Å². The van der Waals surface area contributed by atoms with E-state index in [9.17, 15) is 4.79 Å². The first-order chi connectivity index (χ1) is 5.27. The van der Waals surface area contributed by atoms with Gasteiger partial charge in [-0.05, 0) is 6.92 Å². The fourth-order valence-electron chi connectivity index (χ4n) is 0.736. The van der Waals surface area contributed by atoms with E-state index in [4.69, 9.17) is 0 Å². The molecule has 0 aromatic carbocycles. The summed E-state index contributed by atoms with van der Waals surface area (Å²) in [6, 6.07) is 0. The lowest BCUT2D eigenvalue weighted by molar-refractivity contribution is -0.108. The van der Waals surface area contributed by atoms with Crippen LogP contribution >= 0.6 is 27.3 Å². The summed E-state index contributed by atoms with van der Waals surface area (Å²) in [5, 5.41) is 3.59. The second kappa shape index (κ2) is 3.97. The SMILES string of the molecule is Cc1nc(C(C=O)CBr)cs1. The van der Waals surface area contributed by atoms with Crippen molar-refractivity contribution in [1.29, 1.82) is 0 Å². The van der Waals surface area contributed by atoms with Gasteiger partial charge in [0.1, 0.15) is 6.29 Å². The fourth-order valence-corrected chi connectivity index (χ4v) is 1.90. The molecule has 0 saturated heterocycles. The molecule has 0 bridgehead atoms. The number of nitrogens with zero attached hydrogens (tertiary/aromatic N) is 1. The van der Waals surface area contributed by atoms with Crippen molar-refractivity contribution < 1.29 is 4.79 Å². The largest absolute Gasteiger partial charge is 0.303 e. The van der Waals surface area contributed by atoms with Crippen LogP contribution in [0.2, 0.25) is 0 Å². The first kappa shape index (κ1) is 8.87. The Morgan fingerprint density at radius 1 is 1.91 bits per heavy atom. The molecule has 0 amide bonds. The number of aldehydes is 1. The number of alkyl halides is 1. The van der Waals surface area contributed by atoms with Gasteiger partial charge >= 0.3 is 0 Å². The van der Waals surface area contributed by atoms with E-state index < -0.39 is 0 Å². The maximum atomic E-state index is 10.5. The fraction of sp³-hybridized carbons (Fsp3) is 0.429. The van der Waals surface area contributed by atoms with Crippen molar-refractivity contribution in [3.8, 4) is 0 Å². The van der Waals surface area contributed by atoms with Gasteiger partial charge < -0.3 is 4.79 Å². The molecule has 1 unspecified atom stereocenters. The molecule has 2 nitrogen and oxygen atoms in total. The molecule has 0 radical (unpaired) electrons. The third-order valence-electron chi connectivity index (χ3n) is 1.35. The molecule has 11 heavy (non-hydrogen) atoms. The van der Waals surface area contributed by atoms with Crippen molar-refractivity contribution in [2.75, 3.05) is 5.33 Å². The molecule has 60 valence electrons. The molecular weight excluding hydrogens is 226 g/mol. The molecule has 4 heteroatoms. The lowest BCUT2D eigenvalue weighted by atomic mass is 10.1. The Bertz CT molecular complexity index is 248. The summed E-state index contributed by atoms with van der Waals surface area (Å²) in [5.41, 5.74) is 0.874. The zero-order valence-electron chi connectivity index (χ0n) is 6.08. The molecule has 0 fully saturated rings. The molecule has 1 heterocycles. The zero-order valence-corrected chi connectivity index (χ0v) is 8.48. The minimum atomic E-state index is -0.0834. The van der Waals surface area contributed by atoms with Crippen molar-refractivity contribution in [2.24, 2.45) is 0 Å². The van der Waals surface area contributed by atoms with Gasteiger partial charge in [0.2, 0.25) is 0 Å². The highest BCUT2D eigenvalue weighted by molar-refractivity contribution is 9.09. The van der Waals surface area contributed by atoms with E-state index in [0.29, 0.717) is 5.33 Å². The second-order valence-electron chi connectivity index (χ2n) is 2.19. The summed E-state index contributed by atoms with van der Waals surface area (Å²) < 4.78 is 0. The summed E-state index contributed by atoms with van der Waals surface area (Å²) in [4.78, 5) is 14.7. The highest BCUT2D eigenvalue weighted by atomic mass is 79.9. The van der Waals surface area contributed by atoms with Gasteiger partial charge in [0, 0.05) is 10.7 Å². The monoisotopic (exact) mass is 233 g/mol. The quantitative estimate of drug-likeness (QED) is 0.592. The van der Waals surface area contributed by atoms with Gasteiger partial charge in [-0.25, -0.2) is 4.98 Å². The highest BCUT2D eigenvalue weighted by Crippen LogP contribution is 2.18.